The molecule has 2 amide bonds. The predicted octanol–water partition coefficient (Wildman–Crippen LogP) is 4.78. The Kier molecular flexibility index (Phi) is 6.78. The minimum absolute atomic E-state index is 0.103. The quantitative estimate of drug-likeness (QED) is 0.813. The van der Waals surface area contributed by atoms with E-state index in [1.807, 2.05) is 11.0 Å². The number of amides is 2. The third-order valence-corrected chi connectivity index (χ3v) is 4.99. The van der Waals surface area contributed by atoms with Crippen molar-refractivity contribution in [3.63, 3.8) is 0 Å². The summed E-state index contributed by atoms with van der Waals surface area (Å²) < 4.78 is 0. The van der Waals surface area contributed by atoms with Crippen molar-refractivity contribution < 1.29 is 4.79 Å². The van der Waals surface area contributed by atoms with Gasteiger partial charge in [-0.3, -0.25) is 0 Å². The van der Waals surface area contributed by atoms with Crippen molar-refractivity contribution in [1.82, 2.24) is 9.80 Å². The predicted molar refractivity (Wildman–Crippen MR) is 108 cm³/mol. The molecule has 6 heteroatoms. The van der Waals surface area contributed by atoms with E-state index < -0.39 is 0 Å². The second-order valence-corrected chi connectivity index (χ2v) is 7.38. The minimum atomic E-state index is -0.103. The van der Waals surface area contributed by atoms with Crippen LogP contribution in [0.15, 0.2) is 48.5 Å². The molecule has 1 fully saturated rings. The summed E-state index contributed by atoms with van der Waals surface area (Å²) in [6.07, 6.45) is 2.01. The van der Waals surface area contributed by atoms with Gasteiger partial charge in [0, 0.05) is 41.9 Å². The molecule has 0 saturated carbocycles. The van der Waals surface area contributed by atoms with Gasteiger partial charge < -0.3 is 15.1 Å². The molecule has 0 unspecified atom stereocenters. The van der Waals surface area contributed by atoms with Gasteiger partial charge >= 0.3 is 6.03 Å². The van der Waals surface area contributed by atoms with Gasteiger partial charge in [0.15, 0.2) is 0 Å². The number of urea groups is 1. The molecular formula is C20H23Cl2N3O. The van der Waals surface area contributed by atoms with Crippen LogP contribution in [-0.2, 0) is 6.42 Å². The SMILES string of the molecule is O=C(Nc1cc(Cl)cc(Cl)c1)N1CCCN(CCc2ccccc2)CC1. The first kappa shape index (κ1) is 19.0. The molecule has 1 heterocycles. The fraction of sp³-hybridized carbons (Fsp3) is 0.350. The Morgan fingerprint density at radius 1 is 0.962 bits per heavy atom. The van der Waals surface area contributed by atoms with Crippen LogP contribution in [0, 0.1) is 0 Å². The van der Waals surface area contributed by atoms with E-state index in [4.69, 9.17) is 23.2 Å². The molecule has 138 valence electrons. The van der Waals surface area contributed by atoms with E-state index in [1.54, 1.807) is 18.2 Å². The van der Waals surface area contributed by atoms with Crippen molar-refractivity contribution in [2.45, 2.75) is 12.8 Å². The van der Waals surface area contributed by atoms with Crippen LogP contribution in [0.1, 0.15) is 12.0 Å². The molecule has 1 saturated heterocycles. The summed E-state index contributed by atoms with van der Waals surface area (Å²) in [6.45, 7) is 4.39. The number of rotatable bonds is 4. The molecule has 0 aliphatic carbocycles. The molecule has 1 N–H and O–H groups in total. The van der Waals surface area contributed by atoms with Gasteiger partial charge in [0.05, 0.1) is 0 Å². The highest BCUT2D eigenvalue weighted by Crippen LogP contribution is 2.22. The Balaban J connectivity index is 1.50. The standard InChI is InChI=1S/C20H23Cl2N3O/c21-17-13-18(22)15-19(14-17)23-20(26)25-9-4-8-24(11-12-25)10-7-16-5-2-1-3-6-16/h1-3,5-6,13-15H,4,7-12H2,(H,23,26). The van der Waals surface area contributed by atoms with E-state index in [0.29, 0.717) is 15.7 Å². The van der Waals surface area contributed by atoms with Crippen LogP contribution in [0.3, 0.4) is 0 Å². The molecule has 2 aromatic carbocycles. The van der Waals surface area contributed by atoms with Crippen molar-refractivity contribution in [2.75, 3.05) is 38.0 Å². The molecule has 0 aromatic heterocycles. The molecule has 0 bridgehead atoms. The number of carbonyl (C=O) groups is 1. The average molecular weight is 392 g/mol. The van der Waals surface area contributed by atoms with E-state index in [-0.39, 0.29) is 6.03 Å². The van der Waals surface area contributed by atoms with E-state index in [9.17, 15) is 4.79 Å². The Hall–Kier alpha value is -1.75. The Morgan fingerprint density at radius 2 is 1.69 bits per heavy atom. The number of carbonyl (C=O) groups excluding carboxylic acids is 1. The van der Waals surface area contributed by atoms with Crippen LogP contribution in [0.5, 0.6) is 0 Å². The number of nitrogens with one attached hydrogen (secondary N) is 1. The summed E-state index contributed by atoms with van der Waals surface area (Å²) in [5.41, 5.74) is 1.97. The number of hydrogen-bond donors (Lipinski definition) is 1. The van der Waals surface area contributed by atoms with Crippen LogP contribution in [-0.4, -0.2) is 48.6 Å². The molecule has 4 nitrogen and oxygen atoms in total. The zero-order chi connectivity index (χ0) is 18.4. The van der Waals surface area contributed by atoms with Crippen LogP contribution in [0.25, 0.3) is 0 Å². The lowest BCUT2D eigenvalue weighted by atomic mass is 10.1. The Labute approximate surface area is 164 Å². The summed E-state index contributed by atoms with van der Waals surface area (Å²) in [4.78, 5) is 16.8. The second-order valence-electron chi connectivity index (χ2n) is 6.51. The molecule has 0 radical (unpaired) electrons. The maximum absolute atomic E-state index is 12.5. The maximum atomic E-state index is 12.5. The van der Waals surface area contributed by atoms with Gasteiger partial charge in [-0.1, -0.05) is 53.5 Å². The normalized spacial score (nSPS) is 15.5. The van der Waals surface area contributed by atoms with Crippen molar-refractivity contribution >= 4 is 34.9 Å². The van der Waals surface area contributed by atoms with Crippen LogP contribution < -0.4 is 5.32 Å². The molecule has 3 rings (SSSR count). The minimum Gasteiger partial charge on any atom is -0.323 e. The van der Waals surface area contributed by atoms with Gasteiger partial charge in [0.1, 0.15) is 0 Å². The number of benzene rings is 2. The van der Waals surface area contributed by atoms with Crippen LogP contribution >= 0.6 is 23.2 Å². The molecule has 0 atom stereocenters. The first-order valence-electron chi connectivity index (χ1n) is 8.88. The van der Waals surface area contributed by atoms with Gasteiger partial charge in [-0.05, 0) is 43.1 Å². The highest BCUT2D eigenvalue weighted by Gasteiger charge is 2.19. The summed E-state index contributed by atoms with van der Waals surface area (Å²) in [5.74, 6) is 0. The van der Waals surface area contributed by atoms with Gasteiger partial charge in [-0.2, -0.15) is 0 Å². The number of hydrogen-bond acceptors (Lipinski definition) is 2. The van der Waals surface area contributed by atoms with Crippen molar-refractivity contribution in [3.8, 4) is 0 Å². The van der Waals surface area contributed by atoms with E-state index in [0.717, 1.165) is 45.6 Å². The van der Waals surface area contributed by atoms with Gasteiger partial charge in [-0.25, -0.2) is 4.79 Å². The van der Waals surface area contributed by atoms with Gasteiger partial charge in [-0.15, -0.1) is 0 Å². The third kappa shape index (κ3) is 5.63. The Bertz CT molecular complexity index is 719. The molecular weight excluding hydrogens is 369 g/mol. The smallest absolute Gasteiger partial charge is 0.321 e. The zero-order valence-electron chi connectivity index (χ0n) is 14.6. The van der Waals surface area contributed by atoms with Gasteiger partial charge in [0.2, 0.25) is 0 Å². The lowest BCUT2D eigenvalue weighted by Crippen LogP contribution is -2.38. The van der Waals surface area contributed by atoms with E-state index in [2.05, 4.69) is 34.5 Å². The first-order chi connectivity index (χ1) is 12.6. The maximum Gasteiger partial charge on any atom is 0.321 e. The fourth-order valence-corrected chi connectivity index (χ4v) is 3.68. The molecule has 0 spiro atoms. The van der Waals surface area contributed by atoms with Crippen molar-refractivity contribution in [1.29, 1.82) is 0 Å². The number of anilines is 1. The summed E-state index contributed by atoms with van der Waals surface area (Å²) in [7, 11) is 0. The van der Waals surface area contributed by atoms with Crippen molar-refractivity contribution in [2.24, 2.45) is 0 Å². The van der Waals surface area contributed by atoms with Crippen LogP contribution in [0.2, 0.25) is 10.0 Å². The average Bonchev–Trinajstić information content (AvgIpc) is 2.86. The molecule has 1 aliphatic heterocycles. The Morgan fingerprint density at radius 3 is 2.42 bits per heavy atom. The molecule has 2 aromatic rings. The number of halogens is 2. The lowest BCUT2D eigenvalue weighted by Gasteiger charge is -2.22. The highest BCUT2D eigenvalue weighted by molar-refractivity contribution is 6.35. The molecule has 1 aliphatic rings. The molecule has 26 heavy (non-hydrogen) atoms. The van der Waals surface area contributed by atoms with Crippen LogP contribution in [0.4, 0.5) is 10.5 Å². The topological polar surface area (TPSA) is 35.6 Å². The first-order valence-corrected chi connectivity index (χ1v) is 9.64. The summed E-state index contributed by atoms with van der Waals surface area (Å²) in [5, 5.41) is 3.91. The lowest BCUT2D eigenvalue weighted by molar-refractivity contribution is 0.211. The largest absolute Gasteiger partial charge is 0.323 e. The number of nitrogens with zero attached hydrogens (tertiary/aromatic N) is 2. The third-order valence-electron chi connectivity index (χ3n) is 4.55. The highest BCUT2D eigenvalue weighted by atomic mass is 35.5. The monoisotopic (exact) mass is 391 g/mol. The zero-order valence-corrected chi connectivity index (χ0v) is 16.1. The second kappa shape index (κ2) is 9.26. The van der Waals surface area contributed by atoms with E-state index >= 15 is 0 Å². The fourth-order valence-electron chi connectivity index (χ4n) is 3.16. The summed E-state index contributed by atoms with van der Waals surface area (Å²) in [6, 6.07) is 15.5. The van der Waals surface area contributed by atoms with E-state index in [1.165, 1.54) is 5.56 Å². The van der Waals surface area contributed by atoms with Crippen molar-refractivity contribution in [3.05, 3.63) is 64.1 Å². The summed E-state index contributed by atoms with van der Waals surface area (Å²) >= 11 is 12.0. The van der Waals surface area contributed by atoms with Gasteiger partial charge in [0.25, 0.3) is 0 Å².